The summed E-state index contributed by atoms with van der Waals surface area (Å²) in [4.78, 5) is 1.39. The van der Waals surface area contributed by atoms with Gasteiger partial charge in [0.2, 0.25) is 0 Å². The van der Waals surface area contributed by atoms with Crippen LogP contribution in [0.3, 0.4) is 0 Å². The fourth-order valence-electron chi connectivity index (χ4n) is 0.817. The van der Waals surface area contributed by atoms with Crippen LogP contribution < -0.4 is 0 Å². The summed E-state index contributed by atoms with van der Waals surface area (Å²) in [5, 5.41) is 2.12. The molecule has 0 unspecified atom stereocenters. The molecular weight excluding hydrogens is 172 g/mol. The highest BCUT2D eigenvalue weighted by Gasteiger charge is 2.00. The summed E-state index contributed by atoms with van der Waals surface area (Å²) in [6.07, 6.45) is 0. The van der Waals surface area contributed by atoms with Crippen molar-refractivity contribution in [3.8, 4) is 0 Å². The largest absolute Gasteiger partial charge is 0.416 e. The van der Waals surface area contributed by atoms with Crippen LogP contribution in [0.4, 0.5) is 0 Å². The Hall–Kier alpha value is -0.123. The Kier molecular flexibility index (Phi) is 3.30. The second kappa shape index (κ2) is 4.04. The summed E-state index contributed by atoms with van der Waals surface area (Å²) in [6.45, 7) is 7.36. The first-order valence-corrected chi connectivity index (χ1v) is 7.50. The normalized spacial score (nSPS) is 10.9. The van der Waals surface area contributed by atoms with Crippen LogP contribution in [0.2, 0.25) is 13.1 Å². The predicted molar refractivity (Wildman–Crippen MR) is 52.7 cm³/mol. The van der Waals surface area contributed by atoms with Gasteiger partial charge in [0.05, 0.1) is 6.61 Å². The van der Waals surface area contributed by atoms with Crippen molar-refractivity contribution in [2.75, 3.05) is 0 Å². The number of aryl methyl sites for hydroxylation is 1. The van der Waals surface area contributed by atoms with Crippen molar-refractivity contribution in [1.29, 1.82) is 0 Å². The molecular formula is C8H14OSSi. The first-order chi connectivity index (χ1) is 5.20. The molecule has 0 saturated carbocycles. The van der Waals surface area contributed by atoms with Crippen LogP contribution in [-0.4, -0.2) is 9.04 Å². The smallest absolute Gasteiger partial charge is 0.171 e. The molecule has 0 aliphatic rings. The molecule has 0 aliphatic heterocycles. The Morgan fingerprint density at radius 3 is 2.73 bits per heavy atom. The Morgan fingerprint density at radius 2 is 2.27 bits per heavy atom. The topological polar surface area (TPSA) is 9.23 Å². The molecule has 3 heteroatoms. The van der Waals surface area contributed by atoms with Gasteiger partial charge in [-0.15, -0.1) is 11.3 Å². The van der Waals surface area contributed by atoms with Gasteiger partial charge < -0.3 is 4.43 Å². The van der Waals surface area contributed by atoms with Crippen LogP contribution >= 0.6 is 11.3 Å². The van der Waals surface area contributed by atoms with E-state index in [0.717, 1.165) is 6.61 Å². The van der Waals surface area contributed by atoms with Gasteiger partial charge in [-0.3, -0.25) is 0 Å². The molecule has 1 aromatic heterocycles. The fourth-order valence-corrected chi connectivity index (χ4v) is 2.05. The zero-order valence-corrected chi connectivity index (χ0v) is 9.23. The van der Waals surface area contributed by atoms with Crippen molar-refractivity contribution in [1.82, 2.24) is 0 Å². The first kappa shape index (κ1) is 8.97. The Balaban J connectivity index is 2.44. The lowest BCUT2D eigenvalue weighted by atomic mass is 10.3. The molecule has 0 bridgehead atoms. The average Bonchev–Trinajstić information content (AvgIpc) is 2.31. The maximum atomic E-state index is 5.61. The fraction of sp³-hybridized carbons (Fsp3) is 0.500. The van der Waals surface area contributed by atoms with Crippen LogP contribution in [0.25, 0.3) is 0 Å². The molecule has 0 amide bonds. The maximum absolute atomic E-state index is 5.61. The van der Waals surface area contributed by atoms with Gasteiger partial charge in [-0.05, 0) is 37.0 Å². The Bertz CT molecular complexity index is 220. The van der Waals surface area contributed by atoms with E-state index in [0.29, 0.717) is 0 Å². The van der Waals surface area contributed by atoms with E-state index in [-0.39, 0.29) is 0 Å². The number of hydrogen-bond acceptors (Lipinski definition) is 2. The predicted octanol–water partition coefficient (Wildman–Crippen LogP) is 2.56. The first-order valence-electron chi connectivity index (χ1n) is 3.84. The van der Waals surface area contributed by atoms with Gasteiger partial charge in [0, 0.05) is 4.88 Å². The number of thiophene rings is 1. The lowest BCUT2D eigenvalue weighted by Crippen LogP contribution is -2.06. The van der Waals surface area contributed by atoms with Crippen molar-refractivity contribution in [2.45, 2.75) is 26.6 Å². The van der Waals surface area contributed by atoms with Gasteiger partial charge in [0.25, 0.3) is 0 Å². The highest BCUT2D eigenvalue weighted by Crippen LogP contribution is 2.15. The molecule has 1 rings (SSSR count). The molecule has 0 aromatic carbocycles. The third-order valence-corrected chi connectivity index (χ3v) is 3.26. The van der Waals surface area contributed by atoms with Crippen molar-refractivity contribution >= 4 is 20.4 Å². The summed E-state index contributed by atoms with van der Waals surface area (Å²) >= 11 is 1.79. The molecule has 0 N–H and O–H groups in total. The SMILES string of the molecule is Cc1sccc1CO[SiH](C)C. The minimum absolute atomic E-state index is 0.819. The monoisotopic (exact) mass is 186 g/mol. The molecule has 0 spiro atoms. The van der Waals surface area contributed by atoms with Crippen molar-refractivity contribution in [3.63, 3.8) is 0 Å². The molecule has 1 aromatic rings. The van der Waals surface area contributed by atoms with Gasteiger partial charge in [0.15, 0.2) is 9.04 Å². The van der Waals surface area contributed by atoms with E-state index in [2.05, 4.69) is 31.5 Å². The van der Waals surface area contributed by atoms with E-state index in [1.54, 1.807) is 11.3 Å². The zero-order valence-electron chi connectivity index (χ0n) is 7.26. The molecule has 0 saturated heterocycles. The lowest BCUT2D eigenvalue weighted by Gasteiger charge is -2.05. The quantitative estimate of drug-likeness (QED) is 0.659. The van der Waals surface area contributed by atoms with Crippen molar-refractivity contribution in [2.24, 2.45) is 0 Å². The zero-order chi connectivity index (χ0) is 8.27. The molecule has 11 heavy (non-hydrogen) atoms. The molecule has 1 heterocycles. The van der Waals surface area contributed by atoms with Gasteiger partial charge >= 0.3 is 0 Å². The molecule has 0 aliphatic carbocycles. The van der Waals surface area contributed by atoms with E-state index < -0.39 is 9.04 Å². The van der Waals surface area contributed by atoms with E-state index in [9.17, 15) is 0 Å². The Labute approximate surface area is 73.7 Å². The summed E-state index contributed by atoms with van der Waals surface area (Å²) < 4.78 is 5.61. The highest BCUT2D eigenvalue weighted by molar-refractivity contribution is 7.10. The second-order valence-electron chi connectivity index (χ2n) is 2.86. The summed E-state index contributed by atoms with van der Waals surface area (Å²) in [6, 6.07) is 2.15. The number of hydrogen-bond donors (Lipinski definition) is 0. The van der Waals surface area contributed by atoms with E-state index in [1.807, 2.05) is 0 Å². The molecule has 0 radical (unpaired) electrons. The van der Waals surface area contributed by atoms with Crippen LogP contribution in [0, 0.1) is 6.92 Å². The van der Waals surface area contributed by atoms with Crippen LogP contribution in [0.15, 0.2) is 11.4 Å². The molecule has 62 valence electrons. The van der Waals surface area contributed by atoms with E-state index in [4.69, 9.17) is 4.43 Å². The standard InChI is InChI=1S/C8H14OSSi/c1-7-8(4-5-10-7)6-9-11(2)3/h4-5,11H,6H2,1-3H3. The van der Waals surface area contributed by atoms with Crippen molar-refractivity contribution < 1.29 is 4.43 Å². The molecule has 0 atom stereocenters. The molecule has 1 nitrogen and oxygen atoms in total. The van der Waals surface area contributed by atoms with Crippen LogP contribution in [0.5, 0.6) is 0 Å². The van der Waals surface area contributed by atoms with E-state index in [1.165, 1.54) is 10.4 Å². The Morgan fingerprint density at radius 1 is 1.55 bits per heavy atom. The summed E-state index contributed by atoms with van der Waals surface area (Å²) in [5.74, 6) is 0. The third-order valence-electron chi connectivity index (χ3n) is 1.54. The van der Waals surface area contributed by atoms with Crippen molar-refractivity contribution in [3.05, 3.63) is 21.9 Å². The van der Waals surface area contributed by atoms with Gasteiger partial charge in [-0.1, -0.05) is 0 Å². The third kappa shape index (κ3) is 2.77. The van der Waals surface area contributed by atoms with Crippen LogP contribution in [0.1, 0.15) is 10.4 Å². The minimum atomic E-state index is -0.831. The average molecular weight is 186 g/mol. The highest BCUT2D eigenvalue weighted by atomic mass is 32.1. The lowest BCUT2D eigenvalue weighted by molar-refractivity contribution is 0.314. The van der Waals surface area contributed by atoms with E-state index >= 15 is 0 Å². The molecule has 0 fully saturated rings. The summed E-state index contributed by atoms with van der Waals surface area (Å²) in [7, 11) is -0.831. The number of rotatable bonds is 3. The van der Waals surface area contributed by atoms with Crippen LogP contribution in [-0.2, 0) is 11.0 Å². The van der Waals surface area contributed by atoms with Gasteiger partial charge in [0.1, 0.15) is 0 Å². The summed E-state index contributed by atoms with van der Waals surface area (Å²) in [5.41, 5.74) is 1.36. The second-order valence-corrected chi connectivity index (χ2v) is 6.41. The van der Waals surface area contributed by atoms with Gasteiger partial charge in [-0.2, -0.15) is 0 Å². The maximum Gasteiger partial charge on any atom is 0.171 e. The minimum Gasteiger partial charge on any atom is -0.416 e. The van der Waals surface area contributed by atoms with Gasteiger partial charge in [-0.25, -0.2) is 0 Å².